The number of nitrogens with one attached hydrogen (secondary N) is 2. The van der Waals surface area contributed by atoms with Crippen molar-refractivity contribution in [1.29, 1.82) is 0 Å². The second-order valence-corrected chi connectivity index (χ2v) is 7.13. The number of aromatic nitrogens is 4. The Bertz CT molecular complexity index is 790. The molecule has 2 saturated carbocycles. The zero-order valence-electron chi connectivity index (χ0n) is 14.7. The van der Waals surface area contributed by atoms with Crippen LogP contribution in [0, 0.1) is 5.41 Å². The fraction of sp³-hybridized carbons (Fsp3) is 0.500. The van der Waals surface area contributed by atoms with Gasteiger partial charge in [-0.15, -0.1) is 0 Å². The van der Waals surface area contributed by atoms with Crippen molar-refractivity contribution in [2.24, 2.45) is 5.41 Å². The quantitative estimate of drug-likeness (QED) is 0.748. The van der Waals surface area contributed by atoms with Gasteiger partial charge in [-0.05, 0) is 25.7 Å². The van der Waals surface area contributed by atoms with Crippen LogP contribution in [0.1, 0.15) is 47.8 Å². The van der Waals surface area contributed by atoms with Gasteiger partial charge in [-0.2, -0.15) is 0 Å². The molecule has 0 spiro atoms. The van der Waals surface area contributed by atoms with Crippen LogP contribution in [0.15, 0.2) is 24.9 Å². The molecule has 2 aliphatic carbocycles. The maximum Gasteiger partial charge on any atom is 0.273 e. The van der Waals surface area contributed by atoms with Crippen LogP contribution in [-0.4, -0.2) is 46.1 Å². The van der Waals surface area contributed by atoms with E-state index in [1.54, 1.807) is 25.7 Å². The lowest BCUT2D eigenvalue weighted by Crippen LogP contribution is -2.33. The summed E-state index contributed by atoms with van der Waals surface area (Å²) in [6.45, 7) is 1.25. The smallest absolute Gasteiger partial charge is 0.273 e. The van der Waals surface area contributed by atoms with E-state index in [1.807, 2.05) is 0 Å². The van der Waals surface area contributed by atoms with Crippen molar-refractivity contribution in [2.45, 2.75) is 31.6 Å². The van der Waals surface area contributed by atoms with Gasteiger partial charge in [0.05, 0.1) is 36.6 Å². The molecule has 0 unspecified atom stereocenters. The molecule has 2 N–H and O–H groups in total. The number of rotatable bonds is 8. The summed E-state index contributed by atoms with van der Waals surface area (Å²) in [5.74, 6) is 0.617. The second-order valence-electron chi connectivity index (χ2n) is 7.13. The van der Waals surface area contributed by atoms with Crippen LogP contribution in [0.5, 0.6) is 0 Å². The number of carbonyl (C=O) groups is 1. The highest BCUT2D eigenvalue weighted by atomic mass is 16.5. The standard InChI is InChI=1S/C18H22N6O2/c1-26-10-18(4-5-18)9-22-17(25)15-16(23-13-6-19-11-20-7-13)21-8-14(24-15)12-2-3-12/h6-8,11-12H,2-5,9-10H2,1H3,(H,21,23)(H,22,25). The molecule has 0 aromatic carbocycles. The van der Waals surface area contributed by atoms with Crippen molar-refractivity contribution in [3.8, 4) is 0 Å². The number of amides is 1. The van der Waals surface area contributed by atoms with E-state index >= 15 is 0 Å². The van der Waals surface area contributed by atoms with Crippen LogP contribution in [0.4, 0.5) is 11.5 Å². The molecule has 2 aromatic heterocycles. The molecule has 8 nitrogen and oxygen atoms in total. The molecule has 2 heterocycles. The average Bonchev–Trinajstić information content (AvgIpc) is 3.57. The maximum absolute atomic E-state index is 12.8. The Morgan fingerprint density at radius 1 is 1.27 bits per heavy atom. The van der Waals surface area contributed by atoms with E-state index in [0.29, 0.717) is 36.3 Å². The van der Waals surface area contributed by atoms with E-state index in [4.69, 9.17) is 4.74 Å². The fourth-order valence-electron chi connectivity index (χ4n) is 2.94. The normalized spacial score (nSPS) is 17.6. The Morgan fingerprint density at radius 2 is 2.04 bits per heavy atom. The third-order valence-electron chi connectivity index (χ3n) is 4.86. The maximum atomic E-state index is 12.8. The molecule has 2 aromatic rings. The third kappa shape index (κ3) is 3.80. The minimum absolute atomic E-state index is 0.0762. The molecule has 0 aliphatic heterocycles. The largest absolute Gasteiger partial charge is 0.384 e. The molecule has 0 radical (unpaired) electrons. The van der Waals surface area contributed by atoms with Gasteiger partial charge in [-0.3, -0.25) is 4.79 Å². The summed E-state index contributed by atoms with van der Waals surface area (Å²) >= 11 is 0. The van der Waals surface area contributed by atoms with Crippen molar-refractivity contribution < 1.29 is 9.53 Å². The average molecular weight is 354 g/mol. The summed E-state index contributed by atoms with van der Waals surface area (Å²) in [5.41, 5.74) is 1.93. The highest BCUT2D eigenvalue weighted by Crippen LogP contribution is 2.45. The van der Waals surface area contributed by atoms with Crippen molar-refractivity contribution in [2.75, 3.05) is 25.6 Å². The predicted molar refractivity (Wildman–Crippen MR) is 95.2 cm³/mol. The summed E-state index contributed by atoms with van der Waals surface area (Å²) in [6, 6.07) is 0. The Kier molecular flexibility index (Phi) is 4.50. The first-order valence-corrected chi connectivity index (χ1v) is 8.85. The third-order valence-corrected chi connectivity index (χ3v) is 4.86. The molecule has 4 rings (SSSR count). The van der Waals surface area contributed by atoms with Crippen molar-refractivity contribution >= 4 is 17.4 Å². The number of hydrogen-bond donors (Lipinski definition) is 2. The number of nitrogens with zero attached hydrogens (tertiary/aromatic N) is 4. The summed E-state index contributed by atoms with van der Waals surface area (Å²) in [4.78, 5) is 29.8. The van der Waals surface area contributed by atoms with Crippen LogP contribution >= 0.6 is 0 Å². The highest BCUT2D eigenvalue weighted by Gasteiger charge is 2.43. The number of anilines is 2. The first-order valence-electron chi connectivity index (χ1n) is 8.85. The first-order chi connectivity index (χ1) is 12.7. The Hall–Kier alpha value is -2.61. The highest BCUT2D eigenvalue weighted by molar-refractivity contribution is 5.97. The molecule has 26 heavy (non-hydrogen) atoms. The number of carbonyl (C=O) groups excluding carboxylic acids is 1. The fourth-order valence-corrected chi connectivity index (χ4v) is 2.94. The molecular formula is C18H22N6O2. The van der Waals surface area contributed by atoms with E-state index in [0.717, 1.165) is 31.4 Å². The van der Waals surface area contributed by atoms with Gasteiger partial charge in [0.15, 0.2) is 11.5 Å². The van der Waals surface area contributed by atoms with Crippen LogP contribution in [0.25, 0.3) is 0 Å². The molecule has 0 saturated heterocycles. The van der Waals surface area contributed by atoms with Gasteiger partial charge in [-0.25, -0.2) is 19.9 Å². The Balaban J connectivity index is 1.53. The van der Waals surface area contributed by atoms with Gasteiger partial charge in [0.25, 0.3) is 5.91 Å². The molecule has 2 fully saturated rings. The number of hydrogen-bond acceptors (Lipinski definition) is 7. The Morgan fingerprint density at radius 3 is 2.69 bits per heavy atom. The van der Waals surface area contributed by atoms with Crippen LogP contribution in [0.3, 0.4) is 0 Å². The lowest BCUT2D eigenvalue weighted by Gasteiger charge is -2.16. The molecule has 1 amide bonds. The number of methoxy groups -OCH3 is 1. The van der Waals surface area contributed by atoms with E-state index in [2.05, 4.69) is 30.6 Å². The topological polar surface area (TPSA) is 102 Å². The zero-order valence-corrected chi connectivity index (χ0v) is 14.7. The summed E-state index contributed by atoms with van der Waals surface area (Å²) in [7, 11) is 1.69. The second kappa shape index (κ2) is 6.95. The molecule has 136 valence electrons. The SMILES string of the molecule is COCC1(CNC(=O)c2nc(C3CC3)cnc2Nc2cncnc2)CC1. The molecule has 0 bridgehead atoms. The van der Waals surface area contributed by atoms with Crippen molar-refractivity contribution in [3.63, 3.8) is 0 Å². The van der Waals surface area contributed by atoms with Gasteiger partial charge < -0.3 is 15.4 Å². The summed E-state index contributed by atoms with van der Waals surface area (Å²) < 4.78 is 5.26. The first kappa shape index (κ1) is 16.8. The van der Waals surface area contributed by atoms with E-state index in [-0.39, 0.29) is 11.3 Å². The van der Waals surface area contributed by atoms with E-state index in [1.165, 1.54) is 6.33 Å². The number of ether oxygens (including phenoxy) is 1. The monoisotopic (exact) mass is 354 g/mol. The summed E-state index contributed by atoms with van der Waals surface area (Å²) in [6.07, 6.45) is 10.8. The molecule has 2 aliphatic rings. The van der Waals surface area contributed by atoms with Gasteiger partial charge in [0.1, 0.15) is 6.33 Å². The lowest BCUT2D eigenvalue weighted by molar-refractivity contribution is 0.0915. The van der Waals surface area contributed by atoms with E-state index < -0.39 is 0 Å². The molecule has 8 heteroatoms. The molecule has 0 atom stereocenters. The van der Waals surface area contributed by atoms with Crippen molar-refractivity contribution in [1.82, 2.24) is 25.3 Å². The van der Waals surface area contributed by atoms with Crippen LogP contribution < -0.4 is 10.6 Å². The molecular weight excluding hydrogens is 332 g/mol. The summed E-state index contributed by atoms with van der Waals surface area (Å²) in [5, 5.41) is 6.10. The van der Waals surface area contributed by atoms with Gasteiger partial charge >= 0.3 is 0 Å². The lowest BCUT2D eigenvalue weighted by atomic mass is 10.1. The van der Waals surface area contributed by atoms with Crippen molar-refractivity contribution in [3.05, 3.63) is 36.3 Å². The zero-order chi connectivity index (χ0) is 18.0. The van der Waals surface area contributed by atoms with Gasteiger partial charge in [-0.1, -0.05) is 0 Å². The van der Waals surface area contributed by atoms with Gasteiger partial charge in [0, 0.05) is 25.0 Å². The predicted octanol–water partition coefficient (Wildman–Crippen LogP) is 2.04. The van der Waals surface area contributed by atoms with Gasteiger partial charge in [0.2, 0.25) is 0 Å². The van der Waals surface area contributed by atoms with E-state index in [9.17, 15) is 4.79 Å². The van der Waals surface area contributed by atoms with Crippen LogP contribution in [0.2, 0.25) is 0 Å². The van der Waals surface area contributed by atoms with Crippen LogP contribution in [-0.2, 0) is 4.74 Å². The Labute approximate surface area is 151 Å². The minimum atomic E-state index is -0.221. The minimum Gasteiger partial charge on any atom is -0.384 e.